The van der Waals surface area contributed by atoms with Crippen LogP contribution in [-0.4, -0.2) is 16.1 Å². The van der Waals surface area contributed by atoms with Crippen molar-refractivity contribution in [2.75, 3.05) is 0 Å². The van der Waals surface area contributed by atoms with Crippen LogP contribution in [0.5, 0.6) is 5.75 Å². The van der Waals surface area contributed by atoms with Gasteiger partial charge in [-0.05, 0) is 31.0 Å². The fourth-order valence-electron chi connectivity index (χ4n) is 3.06. The van der Waals surface area contributed by atoms with Crippen LogP contribution in [-0.2, 0) is 0 Å². The highest BCUT2D eigenvalue weighted by Gasteiger charge is 2.32. The molecule has 0 radical (unpaired) electrons. The van der Waals surface area contributed by atoms with Crippen LogP contribution in [0.15, 0.2) is 30.6 Å². The first-order valence-corrected chi connectivity index (χ1v) is 7.81. The van der Waals surface area contributed by atoms with Crippen LogP contribution in [0.3, 0.4) is 0 Å². The monoisotopic (exact) mass is 335 g/mol. The number of benzene rings is 1. The van der Waals surface area contributed by atoms with Crippen molar-refractivity contribution in [2.24, 2.45) is 0 Å². The third-order valence-corrected chi connectivity index (χ3v) is 4.20. The Kier molecular flexibility index (Phi) is 4.47. The van der Waals surface area contributed by atoms with E-state index in [-0.39, 0.29) is 22.9 Å². The molecule has 0 unspecified atom stereocenters. The third kappa shape index (κ3) is 3.70. The van der Waals surface area contributed by atoms with Gasteiger partial charge in [-0.3, -0.25) is 4.68 Å². The van der Waals surface area contributed by atoms with E-state index in [2.05, 4.69) is 9.84 Å². The first-order valence-electron chi connectivity index (χ1n) is 7.81. The second-order valence-corrected chi connectivity index (χ2v) is 5.87. The Morgan fingerprint density at radius 2 is 1.96 bits per heavy atom. The number of alkyl halides is 3. The van der Waals surface area contributed by atoms with E-state index in [0.717, 1.165) is 31.7 Å². The van der Waals surface area contributed by atoms with Crippen LogP contribution in [0.1, 0.15) is 43.7 Å². The predicted octanol–water partition coefficient (Wildman–Crippen LogP) is 4.83. The molecule has 0 atom stereocenters. The summed E-state index contributed by atoms with van der Waals surface area (Å²) in [6.07, 6.45) is 4.02. The van der Waals surface area contributed by atoms with E-state index in [0.29, 0.717) is 5.56 Å². The number of aromatic nitrogens is 2. The molecular weight excluding hydrogens is 319 g/mol. The second kappa shape index (κ2) is 6.56. The number of nitrogens with zero attached hydrogens (tertiary/aromatic N) is 3. The summed E-state index contributed by atoms with van der Waals surface area (Å²) >= 11 is 0. The van der Waals surface area contributed by atoms with Crippen molar-refractivity contribution in [2.45, 2.75) is 44.5 Å². The Labute approximate surface area is 137 Å². The molecule has 126 valence electrons. The number of halogens is 3. The van der Waals surface area contributed by atoms with Gasteiger partial charge < -0.3 is 4.74 Å². The molecule has 1 aliphatic rings. The molecule has 1 aromatic carbocycles. The molecule has 2 aromatic rings. The maximum absolute atomic E-state index is 12.6. The molecule has 4 nitrogen and oxygen atoms in total. The molecule has 1 heterocycles. The lowest BCUT2D eigenvalue weighted by Gasteiger charge is -2.21. The molecule has 0 bridgehead atoms. The van der Waals surface area contributed by atoms with Gasteiger partial charge >= 0.3 is 6.36 Å². The lowest BCUT2D eigenvalue weighted by Crippen LogP contribution is -2.17. The first-order chi connectivity index (χ1) is 11.5. The molecule has 7 heteroatoms. The van der Waals surface area contributed by atoms with Crippen LogP contribution in [0.4, 0.5) is 13.2 Å². The maximum Gasteiger partial charge on any atom is 0.573 e. The molecule has 1 saturated carbocycles. The van der Waals surface area contributed by atoms with Gasteiger partial charge in [0.1, 0.15) is 5.75 Å². The molecule has 1 fully saturated rings. The minimum atomic E-state index is -4.82. The van der Waals surface area contributed by atoms with Gasteiger partial charge in [0.15, 0.2) is 0 Å². The molecule has 0 spiro atoms. The average molecular weight is 335 g/mol. The molecule has 0 N–H and O–H groups in total. The summed E-state index contributed by atoms with van der Waals surface area (Å²) in [6, 6.07) is 6.14. The van der Waals surface area contributed by atoms with Gasteiger partial charge in [-0.1, -0.05) is 19.3 Å². The van der Waals surface area contributed by atoms with Gasteiger partial charge in [0.25, 0.3) is 0 Å². The topological polar surface area (TPSA) is 50.8 Å². The van der Waals surface area contributed by atoms with E-state index < -0.39 is 6.36 Å². The smallest absolute Gasteiger partial charge is 0.405 e. The molecule has 0 amide bonds. The van der Waals surface area contributed by atoms with Crippen LogP contribution in [0, 0.1) is 11.3 Å². The Morgan fingerprint density at radius 3 is 2.62 bits per heavy atom. The van der Waals surface area contributed by atoms with Gasteiger partial charge in [0.2, 0.25) is 0 Å². The Morgan fingerprint density at radius 1 is 1.21 bits per heavy atom. The highest BCUT2D eigenvalue weighted by Crippen LogP contribution is 2.36. The molecule has 24 heavy (non-hydrogen) atoms. The lowest BCUT2D eigenvalue weighted by atomic mass is 9.96. The summed E-state index contributed by atoms with van der Waals surface area (Å²) in [5, 5.41) is 13.2. The lowest BCUT2D eigenvalue weighted by molar-refractivity contribution is -0.274. The van der Waals surface area contributed by atoms with E-state index in [1.54, 1.807) is 12.4 Å². The highest BCUT2D eigenvalue weighted by molar-refractivity contribution is 5.70. The standard InChI is InChI=1S/C17H16F3N3O/c18-17(19,20)24-16-8-12(9-21)6-7-15(16)13-10-22-23(11-13)14-4-2-1-3-5-14/h6-8,10-11,14H,1-5H2. The van der Waals surface area contributed by atoms with Crippen molar-refractivity contribution in [3.05, 3.63) is 36.2 Å². The molecule has 1 aromatic heterocycles. The molecule has 0 saturated heterocycles. The summed E-state index contributed by atoms with van der Waals surface area (Å²) in [5.41, 5.74) is 0.926. The normalized spacial score (nSPS) is 15.9. The number of ether oxygens (including phenoxy) is 1. The fourth-order valence-corrected chi connectivity index (χ4v) is 3.06. The third-order valence-electron chi connectivity index (χ3n) is 4.20. The van der Waals surface area contributed by atoms with Crippen molar-refractivity contribution in [1.82, 2.24) is 9.78 Å². The zero-order valence-corrected chi connectivity index (χ0v) is 12.9. The highest BCUT2D eigenvalue weighted by atomic mass is 19.4. The summed E-state index contributed by atoms with van der Waals surface area (Å²) in [6.45, 7) is 0. The summed E-state index contributed by atoms with van der Waals surface area (Å²) in [4.78, 5) is 0. The quantitative estimate of drug-likeness (QED) is 0.807. The number of rotatable bonds is 3. The first kappa shape index (κ1) is 16.4. The summed E-state index contributed by atoms with van der Waals surface area (Å²) in [5.74, 6) is -0.384. The van der Waals surface area contributed by atoms with E-state index in [1.807, 2.05) is 10.8 Å². The second-order valence-electron chi connectivity index (χ2n) is 5.87. The zero-order chi connectivity index (χ0) is 17.2. The van der Waals surface area contributed by atoms with E-state index >= 15 is 0 Å². The van der Waals surface area contributed by atoms with Crippen LogP contribution >= 0.6 is 0 Å². The Balaban J connectivity index is 1.93. The van der Waals surface area contributed by atoms with E-state index in [1.165, 1.54) is 18.6 Å². The average Bonchev–Trinajstić information content (AvgIpc) is 3.04. The predicted molar refractivity (Wildman–Crippen MR) is 81.2 cm³/mol. The van der Waals surface area contributed by atoms with Crippen LogP contribution < -0.4 is 4.74 Å². The zero-order valence-electron chi connectivity index (χ0n) is 12.9. The minimum Gasteiger partial charge on any atom is -0.405 e. The van der Waals surface area contributed by atoms with Crippen LogP contribution in [0.25, 0.3) is 11.1 Å². The molecular formula is C17H16F3N3O. The van der Waals surface area contributed by atoms with Gasteiger partial charge in [0.05, 0.1) is 23.9 Å². The van der Waals surface area contributed by atoms with Crippen molar-refractivity contribution >= 4 is 0 Å². The van der Waals surface area contributed by atoms with Gasteiger partial charge in [-0.2, -0.15) is 10.4 Å². The maximum atomic E-state index is 12.6. The molecule has 0 aliphatic heterocycles. The Bertz CT molecular complexity index is 755. The Hall–Kier alpha value is -2.49. The van der Waals surface area contributed by atoms with Crippen molar-refractivity contribution < 1.29 is 17.9 Å². The number of nitriles is 1. The van der Waals surface area contributed by atoms with Gasteiger partial charge in [-0.15, -0.1) is 13.2 Å². The SMILES string of the molecule is N#Cc1ccc(-c2cnn(C3CCCCC3)c2)c(OC(F)(F)F)c1. The minimum absolute atomic E-state index is 0.109. The van der Waals surface area contributed by atoms with Crippen molar-refractivity contribution in [3.63, 3.8) is 0 Å². The largest absolute Gasteiger partial charge is 0.573 e. The summed E-state index contributed by atoms with van der Waals surface area (Å²) in [7, 11) is 0. The van der Waals surface area contributed by atoms with Gasteiger partial charge in [-0.25, -0.2) is 0 Å². The van der Waals surface area contributed by atoms with E-state index in [9.17, 15) is 13.2 Å². The van der Waals surface area contributed by atoms with Gasteiger partial charge in [0, 0.05) is 17.3 Å². The molecule has 1 aliphatic carbocycles. The fraction of sp³-hybridized carbons (Fsp3) is 0.412. The summed E-state index contributed by atoms with van der Waals surface area (Å²) < 4.78 is 43.8. The number of hydrogen-bond acceptors (Lipinski definition) is 3. The number of hydrogen-bond donors (Lipinski definition) is 0. The van der Waals surface area contributed by atoms with Crippen molar-refractivity contribution in [1.29, 1.82) is 5.26 Å². The van der Waals surface area contributed by atoms with Crippen molar-refractivity contribution in [3.8, 4) is 22.9 Å². The molecule has 3 rings (SSSR count). The van der Waals surface area contributed by atoms with Crippen LogP contribution in [0.2, 0.25) is 0 Å². The van der Waals surface area contributed by atoms with E-state index in [4.69, 9.17) is 5.26 Å².